The molecule has 8 nitrogen and oxygen atoms in total. The van der Waals surface area contributed by atoms with Crippen LogP contribution in [0.2, 0.25) is 0 Å². The van der Waals surface area contributed by atoms with Crippen LogP contribution < -0.4 is 4.74 Å². The van der Waals surface area contributed by atoms with Gasteiger partial charge in [-0.15, -0.1) is 15.3 Å². The number of rotatable bonds is 4. The number of ether oxygens (including phenoxy) is 1. The fourth-order valence-corrected chi connectivity index (χ4v) is 2.48. The third-order valence-electron chi connectivity index (χ3n) is 3.88. The standard InChI is InChI=1S/C19H19F2N7O/c1-19(2,3)13-8-15-24-25-17(12-7-11(20)5-6-14(12)21)28(15)26-18(13)29-9-16-22-10-23-27(16)4/h5-8,10H,9H2,1-4H3/i1D3,2D3,3D3,9D2. The van der Waals surface area contributed by atoms with Gasteiger partial charge in [-0.05, 0) is 29.7 Å². The Morgan fingerprint density at radius 2 is 2.03 bits per heavy atom. The lowest BCUT2D eigenvalue weighted by Gasteiger charge is -2.21. The van der Waals surface area contributed by atoms with E-state index in [0.29, 0.717) is 10.6 Å². The van der Waals surface area contributed by atoms with E-state index >= 15 is 0 Å². The molecule has 0 spiro atoms. The summed E-state index contributed by atoms with van der Waals surface area (Å²) < 4.78 is 125. The minimum Gasteiger partial charge on any atom is -0.468 e. The van der Waals surface area contributed by atoms with Crippen LogP contribution in [-0.4, -0.2) is 34.6 Å². The normalized spacial score (nSPS) is 19.3. The lowest BCUT2D eigenvalue weighted by molar-refractivity contribution is 0.266. The zero-order valence-corrected chi connectivity index (χ0v) is 14.7. The van der Waals surface area contributed by atoms with E-state index in [4.69, 9.17) is 19.8 Å². The highest BCUT2D eigenvalue weighted by Crippen LogP contribution is 2.32. The summed E-state index contributed by atoms with van der Waals surface area (Å²) in [6.45, 7) is -14.3. The van der Waals surface area contributed by atoms with Crippen LogP contribution in [0.3, 0.4) is 0 Å². The molecule has 0 bridgehead atoms. The molecule has 4 aromatic rings. The zero-order valence-electron chi connectivity index (χ0n) is 25.7. The van der Waals surface area contributed by atoms with E-state index in [0.717, 1.165) is 29.2 Å². The van der Waals surface area contributed by atoms with Gasteiger partial charge in [-0.25, -0.2) is 13.8 Å². The van der Waals surface area contributed by atoms with Crippen LogP contribution in [-0.2, 0) is 19.0 Å². The predicted octanol–water partition coefficient (Wildman–Crippen LogP) is 3.07. The second-order valence-electron chi connectivity index (χ2n) is 5.94. The predicted molar refractivity (Wildman–Crippen MR) is 100 cm³/mol. The largest absolute Gasteiger partial charge is 0.468 e. The van der Waals surface area contributed by atoms with E-state index in [1.807, 2.05) is 0 Å². The molecule has 0 unspecified atom stereocenters. The minimum absolute atomic E-state index is 0.468. The van der Waals surface area contributed by atoms with Crippen LogP contribution in [0.1, 0.15) is 47.0 Å². The SMILES string of the molecule is [2H]C([2H])(Oc1nn2c(-c3cc(F)ccc3F)nnc2cc1C(C([2H])([2H])[2H])(C([2H])([2H])[2H])C([2H])([2H])[2H])c1ncnn1C. The minimum atomic E-state index is -3.78. The second kappa shape index (κ2) is 6.87. The summed E-state index contributed by atoms with van der Waals surface area (Å²) in [6, 6.07) is 3.05. The van der Waals surface area contributed by atoms with Crippen molar-refractivity contribution in [1.29, 1.82) is 0 Å². The number of halogens is 2. The summed E-state index contributed by atoms with van der Waals surface area (Å²) in [5.74, 6) is -3.92. The molecular formula is C19H19F2N7O. The number of benzene rings is 1. The average Bonchev–Trinajstić information content (AvgIpc) is 3.39. The van der Waals surface area contributed by atoms with E-state index in [9.17, 15) is 8.78 Å². The van der Waals surface area contributed by atoms with E-state index in [-0.39, 0.29) is 0 Å². The summed E-state index contributed by atoms with van der Waals surface area (Å²) >= 11 is 0. The highest BCUT2D eigenvalue weighted by molar-refractivity contribution is 5.60. The molecule has 0 amide bonds. The summed E-state index contributed by atoms with van der Waals surface area (Å²) in [5, 5.41) is 15.1. The summed E-state index contributed by atoms with van der Waals surface area (Å²) in [4.78, 5) is 3.73. The molecule has 0 aliphatic heterocycles. The third kappa shape index (κ3) is 3.53. The smallest absolute Gasteiger partial charge is 0.236 e. The van der Waals surface area contributed by atoms with Crippen LogP contribution in [0.15, 0.2) is 30.6 Å². The van der Waals surface area contributed by atoms with Crippen molar-refractivity contribution in [1.82, 2.24) is 34.6 Å². The summed E-state index contributed by atoms with van der Waals surface area (Å²) in [6.07, 6.45) is 0.969. The van der Waals surface area contributed by atoms with Gasteiger partial charge in [0.05, 0.1) is 8.30 Å². The fourth-order valence-electron chi connectivity index (χ4n) is 2.48. The molecule has 0 aliphatic rings. The summed E-state index contributed by atoms with van der Waals surface area (Å²) in [5.41, 5.74) is -5.71. The van der Waals surface area contributed by atoms with Crippen LogP contribution in [0.25, 0.3) is 17.0 Å². The molecule has 3 aromatic heterocycles. The van der Waals surface area contributed by atoms with Crippen molar-refractivity contribution >= 4 is 5.65 Å². The van der Waals surface area contributed by atoms with Crippen molar-refractivity contribution < 1.29 is 28.6 Å². The van der Waals surface area contributed by atoms with Gasteiger partial charge in [0.15, 0.2) is 17.3 Å². The molecule has 0 atom stereocenters. The van der Waals surface area contributed by atoms with E-state index in [2.05, 4.69) is 25.4 Å². The number of nitrogens with zero attached hydrogens (tertiary/aromatic N) is 7. The molecular weight excluding hydrogens is 380 g/mol. The van der Waals surface area contributed by atoms with Crippen molar-refractivity contribution in [2.45, 2.75) is 32.5 Å². The van der Waals surface area contributed by atoms with Gasteiger partial charge >= 0.3 is 0 Å². The maximum Gasteiger partial charge on any atom is 0.236 e. The Morgan fingerprint density at radius 3 is 2.76 bits per heavy atom. The van der Waals surface area contributed by atoms with E-state index in [1.165, 1.54) is 7.05 Å². The summed E-state index contributed by atoms with van der Waals surface area (Å²) in [7, 11) is 1.29. The molecule has 0 N–H and O–H groups in total. The number of hydrogen-bond donors (Lipinski definition) is 0. The Hall–Kier alpha value is -3.43. The maximum absolute atomic E-state index is 14.6. The van der Waals surface area contributed by atoms with E-state index < -0.39 is 78.5 Å². The second-order valence-corrected chi connectivity index (χ2v) is 5.94. The molecule has 0 fully saturated rings. The van der Waals surface area contributed by atoms with Gasteiger partial charge in [-0.2, -0.15) is 9.61 Å². The molecule has 4 rings (SSSR count). The maximum atomic E-state index is 14.6. The van der Waals surface area contributed by atoms with Gasteiger partial charge < -0.3 is 4.74 Å². The lowest BCUT2D eigenvalue weighted by atomic mass is 9.88. The Balaban J connectivity index is 2.13. The first kappa shape index (κ1) is 9.86. The molecule has 10 heteroatoms. The monoisotopic (exact) mass is 410 g/mol. The van der Waals surface area contributed by atoms with Crippen molar-refractivity contribution in [3.63, 3.8) is 0 Å². The third-order valence-corrected chi connectivity index (χ3v) is 3.88. The molecule has 0 aliphatic carbocycles. The Labute approximate surface area is 180 Å². The van der Waals surface area contributed by atoms with Crippen molar-refractivity contribution in [3.05, 3.63) is 53.6 Å². The van der Waals surface area contributed by atoms with Gasteiger partial charge in [-0.3, -0.25) is 4.68 Å². The molecule has 1 aromatic carbocycles. The van der Waals surface area contributed by atoms with Crippen molar-refractivity contribution in [2.75, 3.05) is 0 Å². The molecule has 150 valence electrons. The Bertz CT molecular complexity index is 1540. The van der Waals surface area contributed by atoms with Crippen LogP contribution in [0.4, 0.5) is 8.78 Å². The van der Waals surface area contributed by atoms with Crippen LogP contribution in [0, 0.1) is 11.6 Å². The average molecular weight is 410 g/mol. The highest BCUT2D eigenvalue weighted by atomic mass is 19.1. The zero-order chi connectivity index (χ0) is 30.1. The van der Waals surface area contributed by atoms with Crippen molar-refractivity contribution in [3.8, 4) is 17.3 Å². The first-order valence-electron chi connectivity index (χ1n) is 13.5. The quantitative estimate of drug-likeness (QED) is 0.514. The molecule has 0 saturated heterocycles. The molecule has 3 heterocycles. The van der Waals surface area contributed by atoms with Gasteiger partial charge in [0, 0.05) is 24.9 Å². The topological polar surface area (TPSA) is 83.0 Å². The number of aryl methyl sites for hydroxylation is 1. The first-order chi connectivity index (χ1) is 18.2. The molecule has 0 saturated carbocycles. The molecule has 0 radical (unpaired) electrons. The highest BCUT2D eigenvalue weighted by Gasteiger charge is 2.24. The van der Waals surface area contributed by atoms with Crippen molar-refractivity contribution in [2.24, 2.45) is 7.05 Å². The Kier molecular flexibility index (Phi) is 2.34. The van der Waals surface area contributed by atoms with Crippen LogP contribution >= 0.6 is 0 Å². The van der Waals surface area contributed by atoms with Gasteiger partial charge in [0.25, 0.3) is 0 Å². The van der Waals surface area contributed by atoms with E-state index in [1.54, 1.807) is 0 Å². The fraction of sp³-hybridized carbons (Fsp3) is 0.316. The number of hydrogen-bond acceptors (Lipinski definition) is 6. The lowest BCUT2D eigenvalue weighted by Crippen LogP contribution is -2.17. The first-order valence-corrected chi connectivity index (χ1v) is 7.98. The molecule has 29 heavy (non-hydrogen) atoms. The number of aromatic nitrogens is 7. The van der Waals surface area contributed by atoms with Gasteiger partial charge in [-0.1, -0.05) is 20.6 Å². The Morgan fingerprint density at radius 1 is 1.21 bits per heavy atom. The van der Waals surface area contributed by atoms with Crippen LogP contribution in [0.5, 0.6) is 5.88 Å². The number of fused-ring (bicyclic) bond motifs is 1. The van der Waals surface area contributed by atoms with Gasteiger partial charge in [0.2, 0.25) is 5.88 Å². The van der Waals surface area contributed by atoms with Gasteiger partial charge in [0.1, 0.15) is 24.5 Å².